The maximum absolute atomic E-state index is 10.2. The molecule has 0 heterocycles. The van der Waals surface area contributed by atoms with E-state index in [9.17, 15) is 4.79 Å². The van der Waals surface area contributed by atoms with Gasteiger partial charge in [-0.25, -0.2) is 4.79 Å². The topological polar surface area (TPSA) is 46.5 Å². The van der Waals surface area contributed by atoms with Gasteiger partial charge < -0.3 is 9.84 Å². The highest BCUT2D eigenvalue weighted by Crippen LogP contribution is 2.06. The summed E-state index contributed by atoms with van der Waals surface area (Å²) in [7, 11) is 0. The first kappa shape index (κ1) is 10.6. The van der Waals surface area contributed by atoms with Crippen LogP contribution in [0.3, 0.4) is 0 Å². The highest BCUT2D eigenvalue weighted by Gasteiger charge is 2.06. The summed E-state index contributed by atoms with van der Waals surface area (Å²) in [5, 5.41) is 8.36. The van der Waals surface area contributed by atoms with Gasteiger partial charge in [-0.05, 0) is 25.3 Å². The van der Waals surface area contributed by atoms with Crippen LogP contribution in [0.4, 0.5) is 4.79 Å². The second kappa shape index (κ2) is 5.27. The molecule has 1 atom stereocenters. The molecule has 0 aliphatic heterocycles. The van der Waals surface area contributed by atoms with Gasteiger partial charge in [-0.15, -0.1) is 0 Å². The molecule has 0 amide bonds. The summed E-state index contributed by atoms with van der Waals surface area (Å²) in [5.41, 5.74) is 1.20. The van der Waals surface area contributed by atoms with Crippen molar-refractivity contribution < 1.29 is 14.6 Å². The predicted octanol–water partition coefficient (Wildman–Crippen LogP) is 2.70. The van der Waals surface area contributed by atoms with E-state index >= 15 is 0 Å². The summed E-state index contributed by atoms with van der Waals surface area (Å²) < 4.78 is 4.59. The molecule has 0 spiro atoms. The van der Waals surface area contributed by atoms with E-state index in [1.807, 2.05) is 30.3 Å². The van der Waals surface area contributed by atoms with Gasteiger partial charge >= 0.3 is 6.16 Å². The Morgan fingerprint density at radius 2 is 2.07 bits per heavy atom. The summed E-state index contributed by atoms with van der Waals surface area (Å²) in [6, 6.07) is 9.94. The van der Waals surface area contributed by atoms with E-state index in [0.717, 1.165) is 12.8 Å². The summed E-state index contributed by atoms with van der Waals surface area (Å²) >= 11 is 0. The van der Waals surface area contributed by atoms with Crippen LogP contribution in [0.2, 0.25) is 0 Å². The van der Waals surface area contributed by atoms with Gasteiger partial charge in [0.15, 0.2) is 0 Å². The van der Waals surface area contributed by atoms with E-state index < -0.39 is 6.16 Å². The third-order valence-electron chi connectivity index (χ3n) is 1.98. The van der Waals surface area contributed by atoms with Gasteiger partial charge in [-0.3, -0.25) is 0 Å². The Morgan fingerprint density at radius 1 is 1.43 bits per heavy atom. The fourth-order valence-electron chi connectivity index (χ4n) is 1.25. The van der Waals surface area contributed by atoms with Crippen LogP contribution in [0.25, 0.3) is 0 Å². The molecule has 1 N–H and O–H groups in total. The molecule has 1 aromatic carbocycles. The van der Waals surface area contributed by atoms with Crippen LogP contribution < -0.4 is 0 Å². The van der Waals surface area contributed by atoms with Gasteiger partial charge in [0, 0.05) is 0 Å². The zero-order valence-electron chi connectivity index (χ0n) is 8.14. The van der Waals surface area contributed by atoms with Crippen LogP contribution in [0, 0.1) is 0 Å². The second-order valence-electron chi connectivity index (χ2n) is 3.22. The number of benzene rings is 1. The molecule has 3 heteroatoms. The van der Waals surface area contributed by atoms with Crippen molar-refractivity contribution in [3.05, 3.63) is 35.9 Å². The summed E-state index contributed by atoms with van der Waals surface area (Å²) in [6.07, 6.45) is 0.115. The number of rotatable bonds is 4. The number of carboxylic acid groups (broad SMARTS) is 1. The van der Waals surface area contributed by atoms with E-state index in [1.54, 1.807) is 6.92 Å². The van der Waals surface area contributed by atoms with Crippen LogP contribution in [0.1, 0.15) is 18.9 Å². The van der Waals surface area contributed by atoms with Crippen molar-refractivity contribution in [3.63, 3.8) is 0 Å². The quantitative estimate of drug-likeness (QED) is 0.749. The van der Waals surface area contributed by atoms with Crippen LogP contribution >= 0.6 is 0 Å². The average molecular weight is 194 g/mol. The summed E-state index contributed by atoms with van der Waals surface area (Å²) in [5.74, 6) is 0. The fourth-order valence-corrected chi connectivity index (χ4v) is 1.25. The first-order chi connectivity index (χ1) is 6.68. The molecule has 1 aromatic rings. The normalized spacial score (nSPS) is 12.1. The maximum Gasteiger partial charge on any atom is 0.506 e. The number of hydrogen-bond acceptors (Lipinski definition) is 2. The summed E-state index contributed by atoms with van der Waals surface area (Å²) in [6.45, 7) is 1.76. The lowest BCUT2D eigenvalue weighted by Gasteiger charge is -2.09. The van der Waals surface area contributed by atoms with E-state index in [0.29, 0.717) is 0 Å². The van der Waals surface area contributed by atoms with Gasteiger partial charge in [0.1, 0.15) is 6.10 Å². The monoisotopic (exact) mass is 194 g/mol. The minimum Gasteiger partial charge on any atom is -0.450 e. The minimum atomic E-state index is -1.20. The van der Waals surface area contributed by atoms with Crippen LogP contribution in [-0.2, 0) is 11.2 Å². The van der Waals surface area contributed by atoms with Crippen molar-refractivity contribution >= 4 is 6.16 Å². The van der Waals surface area contributed by atoms with Gasteiger partial charge in [0.05, 0.1) is 0 Å². The maximum atomic E-state index is 10.2. The standard InChI is InChI=1S/C11H14O3/c1-9(14-11(12)13)7-8-10-5-3-2-4-6-10/h2-6,9H,7-8H2,1H3,(H,12,13). The van der Waals surface area contributed by atoms with Crippen molar-refractivity contribution in [2.75, 3.05) is 0 Å². The molecule has 3 nitrogen and oxygen atoms in total. The lowest BCUT2D eigenvalue weighted by atomic mass is 10.1. The van der Waals surface area contributed by atoms with Crippen LogP contribution in [0.5, 0.6) is 0 Å². The molecule has 14 heavy (non-hydrogen) atoms. The number of ether oxygens (including phenoxy) is 1. The highest BCUT2D eigenvalue weighted by molar-refractivity contribution is 5.56. The first-order valence-electron chi connectivity index (χ1n) is 4.62. The van der Waals surface area contributed by atoms with E-state index in [4.69, 9.17) is 5.11 Å². The zero-order chi connectivity index (χ0) is 10.4. The van der Waals surface area contributed by atoms with Gasteiger partial charge in [-0.1, -0.05) is 30.3 Å². The third kappa shape index (κ3) is 3.94. The third-order valence-corrected chi connectivity index (χ3v) is 1.98. The largest absolute Gasteiger partial charge is 0.506 e. The van der Waals surface area contributed by atoms with Crippen molar-refractivity contribution in [2.24, 2.45) is 0 Å². The molecule has 0 saturated heterocycles. The Kier molecular flexibility index (Phi) is 3.98. The predicted molar refractivity (Wildman–Crippen MR) is 53.3 cm³/mol. The lowest BCUT2D eigenvalue weighted by molar-refractivity contribution is 0.0559. The van der Waals surface area contributed by atoms with Crippen molar-refractivity contribution in [1.29, 1.82) is 0 Å². The van der Waals surface area contributed by atoms with Gasteiger partial charge in [0.25, 0.3) is 0 Å². The molecular formula is C11H14O3. The van der Waals surface area contributed by atoms with Crippen molar-refractivity contribution in [3.8, 4) is 0 Å². The SMILES string of the molecule is CC(CCc1ccccc1)OC(=O)O. The Labute approximate surface area is 83.3 Å². The van der Waals surface area contributed by atoms with Crippen molar-refractivity contribution in [1.82, 2.24) is 0 Å². The second-order valence-corrected chi connectivity index (χ2v) is 3.22. The number of carbonyl (C=O) groups is 1. The molecular weight excluding hydrogens is 180 g/mol. The Hall–Kier alpha value is -1.51. The van der Waals surface area contributed by atoms with Gasteiger partial charge in [0.2, 0.25) is 0 Å². The average Bonchev–Trinajstić information content (AvgIpc) is 2.15. The van der Waals surface area contributed by atoms with E-state index in [-0.39, 0.29) is 6.10 Å². The van der Waals surface area contributed by atoms with E-state index in [2.05, 4.69) is 4.74 Å². The van der Waals surface area contributed by atoms with Crippen LogP contribution in [-0.4, -0.2) is 17.4 Å². The Morgan fingerprint density at radius 3 is 2.64 bits per heavy atom. The smallest absolute Gasteiger partial charge is 0.450 e. The molecule has 0 aliphatic rings. The Bertz CT molecular complexity index is 282. The minimum absolute atomic E-state index is 0.243. The Balaban J connectivity index is 2.30. The highest BCUT2D eigenvalue weighted by atomic mass is 16.7. The first-order valence-corrected chi connectivity index (χ1v) is 4.62. The molecule has 0 aromatic heterocycles. The van der Waals surface area contributed by atoms with Crippen molar-refractivity contribution in [2.45, 2.75) is 25.9 Å². The number of aryl methyl sites for hydroxylation is 1. The molecule has 0 radical (unpaired) electrons. The molecule has 1 rings (SSSR count). The molecule has 0 saturated carbocycles. The molecule has 0 bridgehead atoms. The summed E-state index contributed by atoms with van der Waals surface area (Å²) in [4.78, 5) is 10.2. The zero-order valence-corrected chi connectivity index (χ0v) is 8.14. The van der Waals surface area contributed by atoms with Gasteiger partial charge in [-0.2, -0.15) is 0 Å². The van der Waals surface area contributed by atoms with E-state index in [1.165, 1.54) is 5.56 Å². The fraction of sp³-hybridized carbons (Fsp3) is 0.364. The lowest BCUT2D eigenvalue weighted by Crippen LogP contribution is -2.13. The molecule has 0 fully saturated rings. The van der Waals surface area contributed by atoms with Crippen LogP contribution in [0.15, 0.2) is 30.3 Å². The molecule has 0 aliphatic carbocycles. The molecule has 76 valence electrons. The number of hydrogen-bond donors (Lipinski definition) is 1. The molecule has 1 unspecified atom stereocenters.